The van der Waals surface area contributed by atoms with Crippen LogP contribution in [0.25, 0.3) is 0 Å². The number of hydrogen-bond donors (Lipinski definition) is 1. The van der Waals surface area contributed by atoms with E-state index in [9.17, 15) is 9.59 Å². The van der Waals surface area contributed by atoms with E-state index in [1.54, 1.807) is 27.1 Å². The van der Waals surface area contributed by atoms with Crippen molar-refractivity contribution in [2.24, 2.45) is 0 Å². The third kappa shape index (κ3) is 6.14. The number of hydrogen-bond acceptors (Lipinski definition) is 4. The van der Waals surface area contributed by atoms with Crippen LogP contribution in [0.1, 0.15) is 41.8 Å². The van der Waals surface area contributed by atoms with Crippen molar-refractivity contribution in [2.75, 3.05) is 26.0 Å². The average Bonchev–Trinajstić information content (AvgIpc) is 2.40. The number of rotatable bonds is 6. The van der Waals surface area contributed by atoms with Crippen LogP contribution >= 0.6 is 0 Å². The van der Waals surface area contributed by atoms with E-state index in [1.807, 2.05) is 26.8 Å². The summed E-state index contributed by atoms with van der Waals surface area (Å²) in [6.07, 6.45) is 0.613. The first-order chi connectivity index (χ1) is 10.6. The van der Waals surface area contributed by atoms with Crippen LogP contribution < -0.4 is 5.32 Å². The van der Waals surface area contributed by atoms with Gasteiger partial charge in [-0.25, -0.2) is 4.79 Å². The summed E-state index contributed by atoms with van der Waals surface area (Å²) < 4.78 is 5.21. The van der Waals surface area contributed by atoms with Crippen molar-refractivity contribution in [3.63, 3.8) is 0 Å². The molecule has 7 heteroatoms. The van der Waals surface area contributed by atoms with Gasteiger partial charge in [-0.3, -0.25) is 4.79 Å². The number of carbonyl (C=O) groups excluding carboxylic acids is 2. The van der Waals surface area contributed by atoms with Gasteiger partial charge in [0, 0.05) is 39.1 Å². The van der Waals surface area contributed by atoms with Crippen molar-refractivity contribution >= 4 is 30.4 Å². The third-order valence-electron chi connectivity index (χ3n) is 3.66. The maximum atomic E-state index is 12.6. The molecule has 5 nitrogen and oxygen atoms in total. The summed E-state index contributed by atoms with van der Waals surface area (Å²) in [7, 11) is 3.61. The molecule has 1 atom stereocenters. The standard InChI is InChI=1S/C17H26N2O3S.Y/c1-7-14(19(5,6)23)16(20)18-15-12(4)9-11(3)10-13(15)17(21)22-8-2;/h9-10,14H,7-8H2,1-6H3,(H,18,20);. The SMILES string of the molecule is CCOC(=O)c1cc(C)cc(C)c1NC(=O)C(CC)[N+](C)(C)[S-].[Y]. The van der Waals surface area contributed by atoms with Crippen molar-refractivity contribution in [2.45, 2.75) is 40.2 Å². The Morgan fingerprint density at radius 2 is 1.83 bits per heavy atom. The topological polar surface area (TPSA) is 55.4 Å². The van der Waals surface area contributed by atoms with Crippen LogP contribution in [-0.2, 0) is 55.1 Å². The van der Waals surface area contributed by atoms with E-state index in [-0.39, 0.29) is 55.2 Å². The Morgan fingerprint density at radius 3 is 2.29 bits per heavy atom. The molecular weight excluding hydrogens is 401 g/mol. The maximum absolute atomic E-state index is 12.6. The summed E-state index contributed by atoms with van der Waals surface area (Å²) in [5.74, 6) is -0.625. The van der Waals surface area contributed by atoms with Gasteiger partial charge < -0.3 is 26.8 Å². The molecule has 0 bridgehead atoms. The molecule has 0 aliphatic rings. The monoisotopic (exact) mass is 427 g/mol. The molecule has 24 heavy (non-hydrogen) atoms. The Morgan fingerprint density at radius 1 is 1.25 bits per heavy atom. The van der Waals surface area contributed by atoms with Crippen LogP contribution in [0.2, 0.25) is 0 Å². The zero-order valence-corrected chi connectivity index (χ0v) is 19.0. The van der Waals surface area contributed by atoms with Crippen LogP contribution in [0.3, 0.4) is 0 Å². The molecule has 1 radical (unpaired) electrons. The smallest absolute Gasteiger partial charge is 0.340 e. The number of quaternary nitrogens is 1. The molecule has 1 N–H and O–H groups in total. The first kappa shape index (κ1) is 23.6. The minimum atomic E-state index is -0.435. The number of esters is 1. The Kier molecular flexibility index (Phi) is 9.73. The van der Waals surface area contributed by atoms with E-state index < -0.39 is 5.97 Å². The van der Waals surface area contributed by atoms with Gasteiger partial charge in [-0.1, -0.05) is 13.0 Å². The van der Waals surface area contributed by atoms with E-state index in [4.69, 9.17) is 17.6 Å². The predicted molar refractivity (Wildman–Crippen MR) is 94.1 cm³/mol. The van der Waals surface area contributed by atoms with Gasteiger partial charge in [0.25, 0.3) is 5.91 Å². The third-order valence-corrected chi connectivity index (χ3v) is 3.92. The Balaban J connectivity index is 0.00000529. The number of aryl methyl sites for hydroxylation is 2. The van der Waals surface area contributed by atoms with Gasteiger partial charge in [-0.05, 0) is 38.0 Å². The summed E-state index contributed by atoms with van der Waals surface area (Å²) in [5, 5.41) is 2.88. The molecule has 0 saturated carbocycles. The number of nitrogens with zero attached hydrogens (tertiary/aromatic N) is 1. The zero-order chi connectivity index (χ0) is 17.8. The molecule has 1 aromatic carbocycles. The van der Waals surface area contributed by atoms with E-state index in [2.05, 4.69) is 5.32 Å². The van der Waals surface area contributed by atoms with Crippen molar-refractivity contribution in [1.29, 1.82) is 0 Å². The van der Waals surface area contributed by atoms with Gasteiger partial charge in [-0.2, -0.15) is 0 Å². The van der Waals surface area contributed by atoms with E-state index in [1.165, 1.54) is 0 Å². The Labute approximate surface area is 175 Å². The number of carbonyl (C=O) groups is 2. The summed E-state index contributed by atoms with van der Waals surface area (Å²) >= 11 is 5.36. The quantitative estimate of drug-likeness (QED) is 0.431. The fourth-order valence-corrected chi connectivity index (χ4v) is 2.86. The summed E-state index contributed by atoms with van der Waals surface area (Å²) in [6, 6.07) is 3.28. The number of benzene rings is 1. The zero-order valence-electron chi connectivity index (χ0n) is 15.3. The van der Waals surface area contributed by atoms with Crippen molar-refractivity contribution in [1.82, 2.24) is 0 Å². The molecule has 0 heterocycles. The molecular formula is C17H26N2O3SY. The minimum Gasteiger partial charge on any atom is -0.494 e. The molecule has 131 valence electrons. The van der Waals surface area contributed by atoms with Crippen molar-refractivity contribution < 1.29 is 50.9 Å². The second-order valence-electron chi connectivity index (χ2n) is 6.07. The molecule has 1 rings (SSSR count). The second kappa shape index (κ2) is 9.90. The minimum absolute atomic E-state index is 0. The van der Waals surface area contributed by atoms with Crippen molar-refractivity contribution in [3.8, 4) is 0 Å². The molecule has 1 unspecified atom stereocenters. The molecule has 1 aromatic rings. The van der Waals surface area contributed by atoms with Gasteiger partial charge >= 0.3 is 5.97 Å². The summed E-state index contributed by atoms with van der Waals surface area (Å²) in [5.41, 5.74) is 2.64. The average molecular weight is 427 g/mol. The van der Waals surface area contributed by atoms with Crippen molar-refractivity contribution in [3.05, 3.63) is 28.8 Å². The summed E-state index contributed by atoms with van der Waals surface area (Å²) in [4.78, 5) is 24.8. The van der Waals surface area contributed by atoms with E-state index in [0.29, 0.717) is 17.7 Å². The largest absolute Gasteiger partial charge is 0.494 e. The first-order valence-electron chi connectivity index (χ1n) is 7.75. The molecule has 0 fully saturated rings. The predicted octanol–water partition coefficient (Wildman–Crippen LogP) is 2.73. The molecule has 1 amide bonds. The van der Waals surface area contributed by atoms with E-state index in [0.717, 1.165) is 11.1 Å². The Hall–Kier alpha value is -0.426. The van der Waals surface area contributed by atoms with Crippen LogP contribution in [-0.4, -0.2) is 42.5 Å². The number of amides is 1. The van der Waals surface area contributed by atoms with Crippen LogP contribution in [0.4, 0.5) is 5.69 Å². The fraction of sp³-hybridized carbons (Fsp3) is 0.529. The normalized spacial score (nSPS) is 12.1. The number of likely N-dealkylation sites (N-methyl/N-ethyl adjacent to an activating group) is 1. The van der Waals surface area contributed by atoms with Gasteiger partial charge in [0.05, 0.1) is 32.0 Å². The molecule has 0 aromatic heterocycles. The van der Waals surface area contributed by atoms with Crippen LogP contribution in [0.5, 0.6) is 0 Å². The van der Waals surface area contributed by atoms with Crippen LogP contribution in [0.15, 0.2) is 12.1 Å². The number of anilines is 1. The fourth-order valence-electron chi connectivity index (χ4n) is 2.62. The van der Waals surface area contributed by atoms with Gasteiger partial charge in [0.15, 0.2) is 6.04 Å². The molecule has 0 aliphatic heterocycles. The maximum Gasteiger partial charge on any atom is 0.340 e. The second-order valence-corrected chi connectivity index (χ2v) is 7.01. The van der Waals surface area contributed by atoms with Gasteiger partial charge in [-0.15, -0.1) is 0 Å². The molecule has 0 spiro atoms. The van der Waals surface area contributed by atoms with Gasteiger partial charge in [0.1, 0.15) is 0 Å². The van der Waals surface area contributed by atoms with Gasteiger partial charge in [0.2, 0.25) is 0 Å². The summed E-state index contributed by atoms with van der Waals surface area (Å²) in [6.45, 7) is 7.72. The number of ether oxygens (including phenoxy) is 1. The van der Waals surface area contributed by atoms with Crippen LogP contribution in [0, 0.1) is 13.8 Å². The first-order valence-corrected chi connectivity index (χ1v) is 8.12. The van der Waals surface area contributed by atoms with E-state index >= 15 is 0 Å². The number of nitrogens with one attached hydrogen (secondary N) is 1. The molecule has 0 saturated heterocycles. The Bertz CT molecular complexity index is 600. The molecule has 0 aliphatic carbocycles.